The summed E-state index contributed by atoms with van der Waals surface area (Å²) in [6.07, 6.45) is 8.02. The van der Waals surface area contributed by atoms with Crippen molar-refractivity contribution in [3.8, 4) is 0 Å². The third-order valence-electron chi connectivity index (χ3n) is 4.62. The maximum Gasteiger partial charge on any atom is 0.162 e. The van der Waals surface area contributed by atoms with Crippen molar-refractivity contribution in [2.75, 3.05) is 0 Å². The van der Waals surface area contributed by atoms with Crippen molar-refractivity contribution in [1.29, 1.82) is 0 Å². The molecule has 0 bridgehead atoms. The first-order valence-corrected chi connectivity index (χ1v) is 8.43. The van der Waals surface area contributed by atoms with Crippen LogP contribution in [0.15, 0.2) is 42.5 Å². The lowest BCUT2D eigenvalue weighted by Gasteiger charge is -2.18. The zero-order valence-corrected chi connectivity index (χ0v) is 13.5. The maximum absolute atomic E-state index is 13.8. The summed E-state index contributed by atoms with van der Waals surface area (Å²) >= 11 is 0. The highest BCUT2D eigenvalue weighted by atomic mass is 19.2. The number of hydrogen-bond acceptors (Lipinski definition) is 0. The summed E-state index contributed by atoms with van der Waals surface area (Å²) in [4.78, 5) is 0. The van der Waals surface area contributed by atoms with E-state index in [4.69, 9.17) is 0 Å². The van der Waals surface area contributed by atoms with Crippen molar-refractivity contribution in [3.63, 3.8) is 0 Å². The van der Waals surface area contributed by atoms with E-state index in [1.807, 2.05) is 6.08 Å². The number of hydrogen-bond donors (Lipinski definition) is 0. The minimum absolute atomic E-state index is 0.465. The summed E-state index contributed by atoms with van der Waals surface area (Å²) in [5.41, 5.74) is 5.15. The molecule has 1 aliphatic rings. The third kappa shape index (κ3) is 3.52. The Kier molecular flexibility index (Phi) is 4.90. The van der Waals surface area contributed by atoms with Gasteiger partial charge in [0.1, 0.15) is 0 Å². The number of rotatable bonds is 5. The topological polar surface area (TPSA) is 0 Å². The van der Waals surface area contributed by atoms with Gasteiger partial charge in [0.15, 0.2) is 11.6 Å². The Hall–Kier alpha value is -1.96. The molecule has 120 valence electrons. The van der Waals surface area contributed by atoms with Crippen LogP contribution in [0, 0.1) is 11.6 Å². The van der Waals surface area contributed by atoms with E-state index in [0.717, 1.165) is 12.0 Å². The van der Waals surface area contributed by atoms with Gasteiger partial charge in [0.05, 0.1) is 0 Å². The van der Waals surface area contributed by atoms with E-state index in [1.165, 1.54) is 42.0 Å². The SMILES string of the molecule is CCCCCc1ccc(C2=CCc3c(ccc(F)c3F)C2)cc1. The number of aryl methyl sites for hydroxylation is 1. The quantitative estimate of drug-likeness (QED) is 0.605. The minimum Gasteiger partial charge on any atom is -0.204 e. The third-order valence-corrected chi connectivity index (χ3v) is 4.62. The van der Waals surface area contributed by atoms with Crippen LogP contribution < -0.4 is 0 Å². The Labute approximate surface area is 136 Å². The molecule has 2 aromatic carbocycles. The van der Waals surface area contributed by atoms with E-state index in [9.17, 15) is 8.78 Å². The van der Waals surface area contributed by atoms with Crippen molar-refractivity contribution in [3.05, 3.63) is 76.4 Å². The van der Waals surface area contributed by atoms with Crippen LogP contribution in [0.5, 0.6) is 0 Å². The van der Waals surface area contributed by atoms with E-state index in [1.54, 1.807) is 6.07 Å². The average molecular weight is 312 g/mol. The van der Waals surface area contributed by atoms with Crippen LogP contribution in [0.1, 0.15) is 48.4 Å². The highest BCUT2D eigenvalue weighted by Gasteiger charge is 2.18. The van der Waals surface area contributed by atoms with E-state index in [2.05, 4.69) is 31.2 Å². The summed E-state index contributed by atoms with van der Waals surface area (Å²) < 4.78 is 27.1. The normalized spacial score (nSPS) is 13.6. The van der Waals surface area contributed by atoms with Crippen LogP contribution in [0.4, 0.5) is 8.78 Å². The number of fused-ring (bicyclic) bond motifs is 1. The molecule has 0 aromatic heterocycles. The molecule has 0 fully saturated rings. The molecule has 0 N–H and O–H groups in total. The molecule has 2 heteroatoms. The second kappa shape index (κ2) is 7.08. The van der Waals surface area contributed by atoms with Gasteiger partial charge in [0.25, 0.3) is 0 Å². The molecule has 23 heavy (non-hydrogen) atoms. The van der Waals surface area contributed by atoms with Crippen LogP contribution in [-0.4, -0.2) is 0 Å². The lowest BCUT2D eigenvalue weighted by atomic mass is 9.87. The summed E-state index contributed by atoms with van der Waals surface area (Å²) in [7, 11) is 0. The fourth-order valence-electron chi connectivity index (χ4n) is 3.21. The minimum atomic E-state index is -0.753. The van der Waals surface area contributed by atoms with Gasteiger partial charge in [-0.1, -0.05) is 56.2 Å². The highest BCUT2D eigenvalue weighted by molar-refractivity contribution is 5.70. The lowest BCUT2D eigenvalue weighted by Crippen LogP contribution is -2.06. The first-order chi connectivity index (χ1) is 11.2. The Morgan fingerprint density at radius 3 is 2.48 bits per heavy atom. The van der Waals surface area contributed by atoms with Gasteiger partial charge in [-0.05, 0) is 59.6 Å². The van der Waals surface area contributed by atoms with Crippen LogP contribution in [0.2, 0.25) is 0 Å². The Morgan fingerprint density at radius 2 is 1.74 bits per heavy atom. The fourth-order valence-corrected chi connectivity index (χ4v) is 3.21. The Morgan fingerprint density at radius 1 is 0.957 bits per heavy atom. The number of allylic oxidation sites excluding steroid dienone is 2. The molecule has 0 saturated heterocycles. The van der Waals surface area contributed by atoms with Crippen LogP contribution in [-0.2, 0) is 19.3 Å². The van der Waals surface area contributed by atoms with E-state index >= 15 is 0 Å². The van der Waals surface area contributed by atoms with E-state index in [0.29, 0.717) is 18.4 Å². The summed E-state index contributed by atoms with van der Waals surface area (Å²) in [5.74, 6) is -1.44. The summed E-state index contributed by atoms with van der Waals surface area (Å²) in [6.45, 7) is 2.21. The van der Waals surface area contributed by atoms with Crippen LogP contribution in [0.25, 0.3) is 5.57 Å². The van der Waals surface area contributed by atoms with E-state index in [-0.39, 0.29) is 0 Å². The van der Waals surface area contributed by atoms with Crippen LogP contribution >= 0.6 is 0 Å². The first kappa shape index (κ1) is 15.9. The molecular formula is C21H22F2. The standard InChI is InChI=1S/C21H22F2/c1-2-3-4-5-15-6-8-16(9-7-15)17-10-12-19-18(14-17)11-13-20(22)21(19)23/h6-11,13H,2-5,12,14H2,1H3. The molecule has 0 aliphatic heterocycles. The smallest absolute Gasteiger partial charge is 0.162 e. The van der Waals surface area contributed by atoms with Crippen molar-refractivity contribution >= 4 is 5.57 Å². The van der Waals surface area contributed by atoms with Gasteiger partial charge in [-0.25, -0.2) is 8.78 Å². The molecule has 3 rings (SSSR count). The van der Waals surface area contributed by atoms with Crippen molar-refractivity contribution < 1.29 is 8.78 Å². The van der Waals surface area contributed by atoms with Gasteiger partial charge >= 0.3 is 0 Å². The van der Waals surface area contributed by atoms with Gasteiger partial charge in [-0.15, -0.1) is 0 Å². The molecule has 0 spiro atoms. The Bertz CT molecular complexity index is 711. The molecule has 0 heterocycles. The lowest BCUT2D eigenvalue weighted by molar-refractivity contribution is 0.499. The molecule has 0 amide bonds. The highest BCUT2D eigenvalue weighted by Crippen LogP contribution is 2.30. The molecule has 0 saturated carbocycles. The van der Waals surface area contributed by atoms with E-state index < -0.39 is 11.6 Å². The molecule has 0 unspecified atom stereocenters. The largest absolute Gasteiger partial charge is 0.204 e. The molecule has 0 nitrogen and oxygen atoms in total. The molecular weight excluding hydrogens is 290 g/mol. The zero-order chi connectivity index (χ0) is 16.2. The summed E-state index contributed by atoms with van der Waals surface area (Å²) in [5, 5.41) is 0. The average Bonchev–Trinajstić information content (AvgIpc) is 2.59. The van der Waals surface area contributed by atoms with Crippen molar-refractivity contribution in [1.82, 2.24) is 0 Å². The predicted molar refractivity (Wildman–Crippen MR) is 91.4 cm³/mol. The predicted octanol–water partition coefficient (Wildman–Crippen LogP) is 5.88. The number of unbranched alkanes of at least 4 members (excludes halogenated alkanes) is 2. The van der Waals surface area contributed by atoms with Gasteiger partial charge in [0.2, 0.25) is 0 Å². The van der Waals surface area contributed by atoms with Crippen molar-refractivity contribution in [2.45, 2.75) is 45.4 Å². The van der Waals surface area contributed by atoms with Gasteiger partial charge in [-0.3, -0.25) is 0 Å². The van der Waals surface area contributed by atoms with Crippen molar-refractivity contribution in [2.24, 2.45) is 0 Å². The van der Waals surface area contributed by atoms with Gasteiger partial charge < -0.3 is 0 Å². The van der Waals surface area contributed by atoms with Gasteiger partial charge in [-0.2, -0.15) is 0 Å². The Balaban J connectivity index is 1.74. The molecule has 1 aliphatic carbocycles. The first-order valence-electron chi connectivity index (χ1n) is 8.43. The van der Waals surface area contributed by atoms with Crippen LogP contribution in [0.3, 0.4) is 0 Å². The monoisotopic (exact) mass is 312 g/mol. The summed E-state index contributed by atoms with van der Waals surface area (Å²) in [6, 6.07) is 11.6. The maximum atomic E-state index is 13.8. The second-order valence-electron chi connectivity index (χ2n) is 6.26. The van der Waals surface area contributed by atoms with Gasteiger partial charge in [0, 0.05) is 0 Å². The molecule has 0 radical (unpaired) electrons. The fraction of sp³-hybridized carbons (Fsp3) is 0.333. The zero-order valence-electron chi connectivity index (χ0n) is 13.5. The molecule has 2 aromatic rings. The number of halogens is 2. The number of benzene rings is 2. The molecule has 0 atom stereocenters. The second-order valence-corrected chi connectivity index (χ2v) is 6.26.